The zero-order valence-electron chi connectivity index (χ0n) is 11.5. The molecule has 106 valence electrons. The Bertz CT molecular complexity index is 381. The van der Waals surface area contributed by atoms with E-state index in [0.717, 1.165) is 17.9 Å². The number of rotatable bonds is 9. The first kappa shape index (κ1) is 15.5. The number of methoxy groups -OCH3 is 2. The Balaban J connectivity index is 2.41. The lowest BCUT2D eigenvalue weighted by Crippen LogP contribution is -2.19. The highest BCUT2D eigenvalue weighted by Gasteiger charge is 2.04. The number of hydrogen-bond acceptors (Lipinski definition) is 5. The molecule has 0 aliphatic heterocycles. The molecule has 0 saturated heterocycles. The smallest absolute Gasteiger partial charge is 0.308 e. The van der Waals surface area contributed by atoms with E-state index in [1.54, 1.807) is 7.11 Å². The van der Waals surface area contributed by atoms with Gasteiger partial charge in [0.15, 0.2) is 0 Å². The molecular formula is C14H21NO4. The lowest BCUT2D eigenvalue weighted by Gasteiger charge is -2.11. The van der Waals surface area contributed by atoms with Crippen LogP contribution in [0.3, 0.4) is 0 Å². The number of carbonyl (C=O) groups is 1. The number of hydrogen-bond donors (Lipinski definition) is 1. The van der Waals surface area contributed by atoms with Gasteiger partial charge in [-0.15, -0.1) is 0 Å². The van der Waals surface area contributed by atoms with E-state index in [2.05, 4.69) is 10.1 Å². The average Bonchev–Trinajstić information content (AvgIpc) is 2.44. The van der Waals surface area contributed by atoms with Crippen molar-refractivity contribution in [1.82, 2.24) is 5.32 Å². The van der Waals surface area contributed by atoms with Crippen LogP contribution in [-0.4, -0.2) is 39.9 Å². The summed E-state index contributed by atoms with van der Waals surface area (Å²) in [5.74, 6) is 0.520. The fourth-order valence-corrected chi connectivity index (χ4v) is 1.53. The SMILES string of the molecule is COCCNCc1ccccc1OCCC(=O)OC. The Hall–Kier alpha value is -1.59. The normalized spacial score (nSPS) is 10.2. The third kappa shape index (κ3) is 6.22. The van der Waals surface area contributed by atoms with E-state index in [4.69, 9.17) is 9.47 Å². The molecule has 0 saturated carbocycles. The first-order chi connectivity index (χ1) is 9.27. The molecule has 0 aliphatic rings. The monoisotopic (exact) mass is 267 g/mol. The fourth-order valence-electron chi connectivity index (χ4n) is 1.53. The minimum atomic E-state index is -0.268. The molecule has 0 aliphatic carbocycles. The number of carbonyl (C=O) groups excluding carboxylic acids is 1. The summed E-state index contributed by atoms with van der Waals surface area (Å²) in [4.78, 5) is 11.0. The van der Waals surface area contributed by atoms with Gasteiger partial charge in [-0.1, -0.05) is 18.2 Å². The van der Waals surface area contributed by atoms with Gasteiger partial charge < -0.3 is 19.5 Å². The first-order valence-electron chi connectivity index (χ1n) is 6.25. The number of esters is 1. The highest BCUT2D eigenvalue weighted by atomic mass is 16.5. The molecule has 0 atom stereocenters. The van der Waals surface area contributed by atoms with Gasteiger partial charge in [-0.25, -0.2) is 0 Å². The average molecular weight is 267 g/mol. The van der Waals surface area contributed by atoms with Crippen LogP contribution in [0.5, 0.6) is 5.75 Å². The Morgan fingerprint density at radius 1 is 1.21 bits per heavy atom. The van der Waals surface area contributed by atoms with Crippen molar-refractivity contribution in [3.8, 4) is 5.75 Å². The van der Waals surface area contributed by atoms with Crippen LogP contribution in [0.25, 0.3) is 0 Å². The number of benzene rings is 1. The molecular weight excluding hydrogens is 246 g/mol. The van der Waals surface area contributed by atoms with Crippen molar-refractivity contribution < 1.29 is 19.0 Å². The summed E-state index contributed by atoms with van der Waals surface area (Å²) >= 11 is 0. The molecule has 0 amide bonds. The van der Waals surface area contributed by atoms with Gasteiger partial charge >= 0.3 is 5.97 Å². The van der Waals surface area contributed by atoms with Crippen molar-refractivity contribution in [2.75, 3.05) is 34.0 Å². The molecule has 0 bridgehead atoms. The van der Waals surface area contributed by atoms with E-state index in [1.807, 2.05) is 24.3 Å². The molecule has 0 spiro atoms. The van der Waals surface area contributed by atoms with E-state index >= 15 is 0 Å². The summed E-state index contributed by atoms with van der Waals surface area (Å²) < 4.78 is 15.1. The highest BCUT2D eigenvalue weighted by Crippen LogP contribution is 2.17. The van der Waals surface area contributed by atoms with Gasteiger partial charge in [0.05, 0.1) is 26.7 Å². The van der Waals surface area contributed by atoms with Crippen LogP contribution >= 0.6 is 0 Å². The molecule has 5 nitrogen and oxygen atoms in total. The minimum absolute atomic E-state index is 0.252. The van der Waals surface area contributed by atoms with Gasteiger partial charge in [0, 0.05) is 25.8 Å². The van der Waals surface area contributed by atoms with E-state index in [-0.39, 0.29) is 12.4 Å². The van der Waals surface area contributed by atoms with E-state index < -0.39 is 0 Å². The maximum atomic E-state index is 11.0. The molecule has 0 unspecified atom stereocenters. The molecule has 1 aromatic rings. The third-order valence-electron chi connectivity index (χ3n) is 2.56. The summed E-state index contributed by atoms with van der Waals surface area (Å²) in [5.41, 5.74) is 1.06. The summed E-state index contributed by atoms with van der Waals surface area (Å²) in [6, 6.07) is 7.75. The van der Waals surface area contributed by atoms with Gasteiger partial charge in [-0.2, -0.15) is 0 Å². The van der Waals surface area contributed by atoms with Crippen molar-refractivity contribution in [3.05, 3.63) is 29.8 Å². The Labute approximate surface area is 113 Å². The Morgan fingerprint density at radius 2 is 2.00 bits per heavy atom. The predicted molar refractivity (Wildman–Crippen MR) is 72.2 cm³/mol. The standard InChI is InChI=1S/C14H21NO4/c1-17-10-8-15-11-12-5-3-4-6-13(12)19-9-7-14(16)18-2/h3-6,15H,7-11H2,1-2H3. The molecule has 0 radical (unpaired) electrons. The van der Waals surface area contributed by atoms with E-state index in [1.165, 1.54) is 7.11 Å². The molecule has 0 aromatic heterocycles. The predicted octanol–water partition coefficient (Wildman–Crippen LogP) is 1.36. The van der Waals surface area contributed by atoms with E-state index in [0.29, 0.717) is 19.8 Å². The fraction of sp³-hybridized carbons (Fsp3) is 0.500. The lowest BCUT2D eigenvalue weighted by atomic mass is 10.2. The first-order valence-corrected chi connectivity index (χ1v) is 6.25. The number of nitrogens with one attached hydrogen (secondary N) is 1. The van der Waals surface area contributed by atoms with Crippen LogP contribution in [-0.2, 0) is 20.8 Å². The van der Waals surface area contributed by atoms with Crippen molar-refractivity contribution in [2.24, 2.45) is 0 Å². The van der Waals surface area contributed by atoms with Crippen LogP contribution in [0.1, 0.15) is 12.0 Å². The largest absolute Gasteiger partial charge is 0.493 e. The molecule has 1 N–H and O–H groups in total. The summed E-state index contributed by atoms with van der Waals surface area (Å²) in [7, 11) is 3.04. The van der Waals surface area contributed by atoms with Gasteiger partial charge in [-0.05, 0) is 6.07 Å². The van der Waals surface area contributed by atoms with Gasteiger partial charge in [0.1, 0.15) is 5.75 Å². The minimum Gasteiger partial charge on any atom is -0.493 e. The van der Waals surface area contributed by atoms with Crippen LogP contribution in [0.15, 0.2) is 24.3 Å². The van der Waals surface area contributed by atoms with Crippen LogP contribution < -0.4 is 10.1 Å². The van der Waals surface area contributed by atoms with E-state index in [9.17, 15) is 4.79 Å². The zero-order valence-corrected chi connectivity index (χ0v) is 11.5. The lowest BCUT2D eigenvalue weighted by molar-refractivity contribution is -0.141. The highest BCUT2D eigenvalue weighted by molar-refractivity contribution is 5.69. The Kier molecular flexibility index (Phi) is 7.62. The molecule has 19 heavy (non-hydrogen) atoms. The Morgan fingerprint density at radius 3 is 2.74 bits per heavy atom. The van der Waals surface area contributed by atoms with Crippen molar-refractivity contribution in [3.63, 3.8) is 0 Å². The molecule has 1 rings (SSSR count). The molecule has 0 heterocycles. The van der Waals surface area contributed by atoms with Gasteiger partial charge in [-0.3, -0.25) is 4.79 Å². The third-order valence-corrected chi connectivity index (χ3v) is 2.56. The molecule has 1 aromatic carbocycles. The van der Waals surface area contributed by atoms with Crippen molar-refractivity contribution >= 4 is 5.97 Å². The summed E-state index contributed by atoms with van der Waals surface area (Å²) in [6.07, 6.45) is 0.252. The number of ether oxygens (including phenoxy) is 3. The maximum Gasteiger partial charge on any atom is 0.308 e. The van der Waals surface area contributed by atoms with Crippen LogP contribution in [0, 0.1) is 0 Å². The van der Waals surface area contributed by atoms with Gasteiger partial charge in [0.2, 0.25) is 0 Å². The summed E-state index contributed by atoms with van der Waals surface area (Å²) in [6.45, 7) is 2.48. The maximum absolute atomic E-state index is 11.0. The number of para-hydroxylation sites is 1. The zero-order chi connectivity index (χ0) is 13.9. The van der Waals surface area contributed by atoms with Crippen LogP contribution in [0.2, 0.25) is 0 Å². The second-order valence-corrected chi connectivity index (χ2v) is 3.95. The second kappa shape index (κ2) is 9.35. The summed E-state index contributed by atoms with van der Waals surface area (Å²) in [5, 5.41) is 3.26. The van der Waals surface area contributed by atoms with Gasteiger partial charge in [0.25, 0.3) is 0 Å². The van der Waals surface area contributed by atoms with Crippen LogP contribution in [0.4, 0.5) is 0 Å². The van der Waals surface area contributed by atoms with Crippen molar-refractivity contribution in [1.29, 1.82) is 0 Å². The van der Waals surface area contributed by atoms with Crippen molar-refractivity contribution in [2.45, 2.75) is 13.0 Å². The molecule has 5 heteroatoms. The molecule has 0 fully saturated rings. The topological polar surface area (TPSA) is 56.8 Å². The second-order valence-electron chi connectivity index (χ2n) is 3.95. The quantitative estimate of drug-likeness (QED) is 0.541.